The average Bonchev–Trinajstić information content (AvgIpc) is 3.11. The summed E-state index contributed by atoms with van der Waals surface area (Å²) in [7, 11) is -1.70. The molecule has 1 aromatic carbocycles. The fourth-order valence-electron chi connectivity index (χ4n) is 2.91. The number of hydrogen-bond acceptors (Lipinski definition) is 4. The molecule has 1 aliphatic rings. The van der Waals surface area contributed by atoms with Crippen LogP contribution in [0.1, 0.15) is 5.56 Å². The first kappa shape index (κ1) is 17.7. The van der Waals surface area contributed by atoms with Crippen LogP contribution < -0.4 is 9.64 Å². The molecule has 1 N–H and O–H groups in total. The van der Waals surface area contributed by atoms with Gasteiger partial charge in [-0.2, -0.15) is 4.31 Å². The van der Waals surface area contributed by atoms with E-state index in [1.165, 1.54) is 16.2 Å². The second kappa shape index (κ2) is 7.41. The van der Waals surface area contributed by atoms with Crippen LogP contribution in [0.15, 0.2) is 39.9 Å². The standard InChI is InChI=1S/C16H19ClN2O3S2/c1-22-15-5-4-14(17)11-13(15)12-18-6-8-19(9-7-18)24(20,21)16-3-2-10-23-16/h2-5,10-11H,6-9,12H2,1H3/p+1. The number of thiophene rings is 1. The highest BCUT2D eigenvalue weighted by Gasteiger charge is 2.31. The molecule has 0 atom stereocenters. The van der Waals surface area contributed by atoms with Crippen LogP contribution in [0.2, 0.25) is 5.02 Å². The highest BCUT2D eigenvalue weighted by atomic mass is 35.5. The minimum absolute atomic E-state index is 0.419. The van der Waals surface area contributed by atoms with Crippen LogP contribution in [-0.2, 0) is 16.6 Å². The lowest BCUT2D eigenvalue weighted by molar-refractivity contribution is -0.917. The van der Waals surface area contributed by atoms with Gasteiger partial charge in [0.05, 0.1) is 33.3 Å². The molecule has 0 aliphatic carbocycles. The first-order valence-corrected chi connectivity index (χ1v) is 10.4. The monoisotopic (exact) mass is 387 g/mol. The number of piperazine rings is 1. The Morgan fingerprint density at radius 1 is 1.29 bits per heavy atom. The largest absolute Gasteiger partial charge is 0.496 e. The smallest absolute Gasteiger partial charge is 0.252 e. The Balaban J connectivity index is 1.65. The van der Waals surface area contributed by atoms with Crippen molar-refractivity contribution in [2.75, 3.05) is 33.3 Å². The van der Waals surface area contributed by atoms with E-state index in [1.807, 2.05) is 18.2 Å². The van der Waals surface area contributed by atoms with Gasteiger partial charge in [0, 0.05) is 10.6 Å². The number of benzene rings is 1. The molecular formula is C16H20ClN2O3S2+. The van der Waals surface area contributed by atoms with Crippen molar-refractivity contribution in [3.8, 4) is 5.75 Å². The van der Waals surface area contributed by atoms with Gasteiger partial charge in [-0.15, -0.1) is 11.3 Å². The van der Waals surface area contributed by atoms with Crippen molar-refractivity contribution in [3.63, 3.8) is 0 Å². The Kier molecular flexibility index (Phi) is 5.46. The lowest BCUT2D eigenvalue weighted by atomic mass is 10.1. The zero-order valence-electron chi connectivity index (χ0n) is 13.4. The Bertz CT molecular complexity index is 786. The molecule has 5 nitrogen and oxygen atoms in total. The molecule has 0 amide bonds. The zero-order chi connectivity index (χ0) is 17.2. The van der Waals surface area contributed by atoms with Gasteiger partial charge in [-0.1, -0.05) is 17.7 Å². The molecule has 0 unspecified atom stereocenters. The Labute approximate surface area is 151 Å². The highest BCUT2D eigenvalue weighted by molar-refractivity contribution is 7.91. The minimum atomic E-state index is -3.34. The molecule has 130 valence electrons. The van der Waals surface area contributed by atoms with Crippen LogP contribution in [0.4, 0.5) is 0 Å². The zero-order valence-corrected chi connectivity index (χ0v) is 15.8. The van der Waals surface area contributed by atoms with Gasteiger partial charge in [-0.05, 0) is 29.6 Å². The summed E-state index contributed by atoms with van der Waals surface area (Å²) >= 11 is 7.35. The van der Waals surface area contributed by atoms with E-state index in [0.717, 1.165) is 30.9 Å². The Morgan fingerprint density at radius 2 is 2.04 bits per heavy atom. The molecule has 1 fully saturated rings. The molecule has 1 aliphatic heterocycles. The van der Waals surface area contributed by atoms with E-state index in [2.05, 4.69) is 0 Å². The van der Waals surface area contributed by atoms with Gasteiger partial charge in [0.15, 0.2) is 0 Å². The summed E-state index contributed by atoms with van der Waals surface area (Å²) in [6.45, 7) is 3.36. The SMILES string of the molecule is COc1ccc(Cl)cc1C[NH+]1CCN(S(=O)(=O)c2cccs2)CC1. The maximum Gasteiger partial charge on any atom is 0.252 e. The first-order chi connectivity index (χ1) is 11.5. The van der Waals surface area contributed by atoms with E-state index in [0.29, 0.717) is 22.3 Å². The molecule has 24 heavy (non-hydrogen) atoms. The predicted molar refractivity (Wildman–Crippen MR) is 95.5 cm³/mol. The maximum atomic E-state index is 12.5. The van der Waals surface area contributed by atoms with E-state index in [4.69, 9.17) is 16.3 Å². The molecule has 8 heteroatoms. The number of rotatable bonds is 5. The van der Waals surface area contributed by atoms with Gasteiger partial charge in [0.1, 0.15) is 16.5 Å². The van der Waals surface area contributed by atoms with E-state index in [-0.39, 0.29) is 0 Å². The number of quaternary nitrogens is 1. The first-order valence-electron chi connectivity index (χ1n) is 7.70. The van der Waals surface area contributed by atoms with Gasteiger partial charge in [0.2, 0.25) is 0 Å². The van der Waals surface area contributed by atoms with E-state index < -0.39 is 10.0 Å². The summed E-state index contributed by atoms with van der Waals surface area (Å²) in [6, 6.07) is 9.03. The molecular weight excluding hydrogens is 368 g/mol. The quantitative estimate of drug-likeness (QED) is 0.845. The number of nitrogens with zero attached hydrogens (tertiary/aromatic N) is 1. The lowest BCUT2D eigenvalue weighted by Crippen LogP contribution is -3.13. The third kappa shape index (κ3) is 3.75. The van der Waals surface area contributed by atoms with Crippen LogP contribution in [0.5, 0.6) is 5.75 Å². The molecule has 0 bridgehead atoms. The van der Waals surface area contributed by atoms with Gasteiger partial charge >= 0.3 is 0 Å². The Hall–Kier alpha value is -1.12. The summed E-state index contributed by atoms with van der Waals surface area (Å²) in [5.41, 5.74) is 1.05. The number of methoxy groups -OCH3 is 1. The van der Waals surface area contributed by atoms with Crippen LogP contribution in [0.25, 0.3) is 0 Å². The summed E-state index contributed by atoms with van der Waals surface area (Å²) < 4.78 is 32.5. The van der Waals surface area contributed by atoms with Crippen molar-refractivity contribution in [2.24, 2.45) is 0 Å². The number of halogens is 1. The topological polar surface area (TPSA) is 51.1 Å². The second-order valence-electron chi connectivity index (χ2n) is 5.72. The summed E-state index contributed by atoms with van der Waals surface area (Å²) in [6.07, 6.45) is 0. The van der Waals surface area contributed by atoms with Gasteiger partial charge in [-0.3, -0.25) is 0 Å². The van der Waals surface area contributed by atoms with Crippen molar-refractivity contribution in [1.29, 1.82) is 0 Å². The fourth-order valence-corrected chi connectivity index (χ4v) is 5.69. The third-order valence-electron chi connectivity index (χ3n) is 4.20. The molecule has 0 saturated carbocycles. The van der Waals surface area contributed by atoms with E-state index in [1.54, 1.807) is 28.9 Å². The third-order valence-corrected chi connectivity index (χ3v) is 7.71. The fraction of sp³-hybridized carbons (Fsp3) is 0.375. The summed E-state index contributed by atoms with van der Waals surface area (Å²) in [5, 5.41) is 2.48. The van der Waals surface area contributed by atoms with Crippen molar-refractivity contribution < 1.29 is 18.1 Å². The highest BCUT2D eigenvalue weighted by Crippen LogP contribution is 2.23. The second-order valence-corrected chi connectivity index (χ2v) is 9.27. The molecule has 3 rings (SSSR count). The van der Waals surface area contributed by atoms with Crippen molar-refractivity contribution >= 4 is 33.0 Å². The lowest BCUT2D eigenvalue weighted by Gasteiger charge is -2.31. The van der Waals surface area contributed by atoms with Crippen LogP contribution >= 0.6 is 22.9 Å². The normalized spacial score (nSPS) is 17.1. The number of ether oxygens (including phenoxy) is 1. The average molecular weight is 388 g/mol. The predicted octanol–water partition coefficient (Wildman–Crippen LogP) is 1.50. The van der Waals surface area contributed by atoms with Crippen LogP contribution in [0, 0.1) is 0 Å². The summed E-state index contributed by atoms with van der Waals surface area (Å²) in [5.74, 6) is 0.820. The molecule has 1 saturated heterocycles. The van der Waals surface area contributed by atoms with Gasteiger partial charge < -0.3 is 9.64 Å². The maximum absolute atomic E-state index is 12.5. The van der Waals surface area contributed by atoms with Gasteiger partial charge in [-0.25, -0.2) is 8.42 Å². The van der Waals surface area contributed by atoms with Crippen molar-refractivity contribution in [3.05, 3.63) is 46.3 Å². The van der Waals surface area contributed by atoms with Gasteiger partial charge in [0.25, 0.3) is 10.0 Å². The minimum Gasteiger partial charge on any atom is -0.496 e. The van der Waals surface area contributed by atoms with Crippen molar-refractivity contribution in [1.82, 2.24) is 4.31 Å². The molecule has 0 radical (unpaired) electrons. The van der Waals surface area contributed by atoms with Crippen molar-refractivity contribution in [2.45, 2.75) is 10.8 Å². The number of hydrogen-bond donors (Lipinski definition) is 1. The van der Waals surface area contributed by atoms with E-state index >= 15 is 0 Å². The Morgan fingerprint density at radius 3 is 2.67 bits per heavy atom. The molecule has 0 spiro atoms. The van der Waals surface area contributed by atoms with Crippen LogP contribution in [-0.4, -0.2) is 46.0 Å². The molecule has 2 heterocycles. The number of sulfonamides is 1. The van der Waals surface area contributed by atoms with E-state index in [9.17, 15) is 8.42 Å². The van der Waals surface area contributed by atoms with Crippen LogP contribution in [0.3, 0.4) is 0 Å². The molecule has 2 aromatic rings. The number of nitrogens with one attached hydrogen (secondary N) is 1. The molecule has 1 aromatic heterocycles. The summed E-state index contributed by atoms with van der Waals surface area (Å²) in [4.78, 5) is 1.33.